The molecule has 1 atom stereocenters. The molecule has 2 N–H and O–H groups in total. The van der Waals surface area contributed by atoms with Crippen LogP contribution in [0, 0.1) is 17.1 Å². The second-order valence-electron chi connectivity index (χ2n) is 5.19. The molecule has 0 saturated heterocycles. The van der Waals surface area contributed by atoms with Crippen LogP contribution in [-0.2, 0) is 15.6 Å². The summed E-state index contributed by atoms with van der Waals surface area (Å²) < 4.78 is 40.4. The van der Waals surface area contributed by atoms with E-state index in [1.165, 1.54) is 13.0 Å². The van der Waals surface area contributed by atoms with Crippen molar-refractivity contribution in [3.05, 3.63) is 65.5 Å². The third-order valence-corrected chi connectivity index (χ3v) is 4.82. The van der Waals surface area contributed by atoms with Crippen LogP contribution in [0.3, 0.4) is 0 Å². The summed E-state index contributed by atoms with van der Waals surface area (Å²) in [5, 5.41) is 19.3. The number of hydrogen-bond donors (Lipinski definition) is 2. The number of halogens is 1. The van der Waals surface area contributed by atoms with Gasteiger partial charge in [-0.15, -0.1) is 0 Å². The predicted molar refractivity (Wildman–Crippen MR) is 82.3 cm³/mol. The molecule has 0 aromatic heterocycles. The van der Waals surface area contributed by atoms with Gasteiger partial charge in [0.25, 0.3) is 0 Å². The molecule has 0 amide bonds. The second kappa shape index (κ2) is 6.46. The van der Waals surface area contributed by atoms with Gasteiger partial charge in [-0.25, -0.2) is 17.5 Å². The molecule has 0 saturated carbocycles. The first-order chi connectivity index (χ1) is 10.8. The fourth-order valence-electron chi connectivity index (χ4n) is 2.05. The molecular weight excluding hydrogens is 319 g/mol. The summed E-state index contributed by atoms with van der Waals surface area (Å²) in [6.45, 7) is 1.14. The standard InChI is InChI=1S/C16H15FN2O3S/c1-16(20,12-6-3-2-4-7-12)11-19-23(21,22)15-9-5-8-14(17)13(15)10-18/h2-9,19-20H,11H2,1H3. The lowest BCUT2D eigenvalue weighted by atomic mass is 9.97. The zero-order chi connectivity index (χ0) is 17.1. The minimum Gasteiger partial charge on any atom is -0.384 e. The maximum atomic E-state index is 13.6. The summed E-state index contributed by atoms with van der Waals surface area (Å²) in [6, 6.07) is 13.4. The summed E-state index contributed by atoms with van der Waals surface area (Å²) in [4.78, 5) is -0.455. The van der Waals surface area contributed by atoms with Gasteiger partial charge >= 0.3 is 0 Å². The van der Waals surface area contributed by atoms with Crippen molar-refractivity contribution in [2.24, 2.45) is 0 Å². The molecule has 0 bridgehead atoms. The van der Waals surface area contributed by atoms with Crippen LogP contribution in [0.4, 0.5) is 4.39 Å². The number of rotatable bonds is 5. The van der Waals surface area contributed by atoms with Gasteiger partial charge in [0.15, 0.2) is 0 Å². The summed E-state index contributed by atoms with van der Waals surface area (Å²) in [5.74, 6) is -0.912. The number of hydrogen-bond acceptors (Lipinski definition) is 4. The van der Waals surface area contributed by atoms with Crippen LogP contribution in [-0.4, -0.2) is 20.1 Å². The maximum absolute atomic E-state index is 13.6. The van der Waals surface area contributed by atoms with E-state index < -0.39 is 31.9 Å². The zero-order valence-electron chi connectivity index (χ0n) is 12.3. The van der Waals surface area contributed by atoms with Crippen LogP contribution in [0.15, 0.2) is 53.4 Å². The van der Waals surface area contributed by atoms with E-state index in [9.17, 15) is 17.9 Å². The van der Waals surface area contributed by atoms with E-state index in [-0.39, 0.29) is 6.54 Å². The monoisotopic (exact) mass is 334 g/mol. The Labute approximate surface area is 134 Å². The smallest absolute Gasteiger partial charge is 0.242 e. The van der Waals surface area contributed by atoms with Crippen LogP contribution in [0.25, 0.3) is 0 Å². The number of aliphatic hydroxyl groups is 1. The molecular formula is C16H15FN2O3S. The van der Waals surface area contributed by atoms with Crippen LogP contribution < -0.4 is 4.72 Å². The number of nitrogens with one attached hydrogen (secondary N) is 1. The molecule has 2 rings (SSSR count). The van der Waals surface area contributed by atoms with Gasteiger partial charge in [-0.1, -0.05) is 36.4 Å². The van der Waals surface area contributed by atoms with Gasteiger partial charge in [0, 0.05) is 6.54 Å². The van der Waals surface area contributed by atoms with E-state index in [1.54, 1.807) is 36.4 Å². The lowest BCUT2D eigenvalue weighted by Crippen LogP contribution is -2.38. The average Bonchev–Trinajstić information content (AvgIpc) is 2.54. The van der Waals surface area contributed by atoms with Crippen molar-refractivity contribution in [3.8, 4) is 6.07 Å². The molecule has 1 unspecified atom stereocenters. The van der Waals surface area contributed by atoms with Crippen LogP contribution in [0.2, 0.25) is 0 Å². The fourth-order valence-corrected chi connectivity index (χ4v) is 3.35. The highest BCUT2D eigenvalue weighted by Crippen LogP contribution is 2.22. The second-order valence-corrected chi connectivity index (χ2v) is 6.92. The first-order valence-electron chi connectivity index (χ1n) is 6.74. The minimum atomic E-state index is -4.14. The summed E-state index contributed by atoms with van der Waals surface area (Å²) >= 11 is 0. The van der Waals surface area contributed by atoms with Crippen molar-refractivity contribution < 1.29 is 17.9 Å². The summed E-state index contributed by atoms with van der Waals surface area (Å²) in [5.41, 5.74) is -1.48. The van der Waals surface area contributed by atoms with E-state index in [1.807, 2.05) is 0 Å². The van der Waals surface area contributed by atoms with Crippen molar-refractivity contribution in [1.82, 2.24) is 4.72 Å². The molecule has 0 spiro atoms. The molecule has 120 valence electrons. The first-order valence-corrected chi connectivity index (χ1v) is 8.22. The Morgan fingerprint density at radius 2 is 1.87 bits per heavy atom. The quantitative estimate of drug-likeness (QED) is 0.873. The Hall–Kier alpha value is -2.27. The molecule has 0 fully saturated rings. The molecule has 2 aromatic rings. The Balaban J connectivity index is 2.27. The SMILES string of the molecule is CC(O)(CNS(=O)(=O)c1cccc(F)c1C#N)c1ccccc1. The molecule has 0 aliphatic rings. The van der Waals surface area contributed by atoms with Gasteiger partial charge < -0.3 is 5.11 Å². The molecule has 7 heteroatoms. The van der Waals surface area contributed by atoms with Crippen molar-refractivity contribution in [2.75, 3.05) is 6.54 Å². The maximum Gasteiger partial charge on any atom is 0.242 e. The van der Waals surface area contributed by atoms with E-state index in [4.69, 9.17) is 5.26 Å². The molecule has 0 heterocycles. The number of nitriles is 1. The van der Waals surface area contributed by atoms with Crippen molar-refractivity contribution in [1.29, 1.82) is 5.26 Å². The topological polar surface area (TPSA) is 90.2 Å². The van der Waals surface area contributed by atoms with Gasteiger partial charge in [-0.2, -0.15) is 5.26 Å². The van der Waals surface area contributed by atoms with Gasteiger partial charge in [0.05, 0.1) is 0 Å². The Bertz CT molecular complexity index is 843. The molecule has 0 radical (unpaired) electrons. The largest absolute Gasteiger partial charge is 0.384 e. The predicted octanol–water partition coefficient (Wildman–Crippen LogP) is 1.88. The van der Waals surface area contributed by atoms with Gasteiger partial charge in [0.2, 0.25) is 10.0 Å². The van der Waals surface area contributed by atoms with Crippen LogP contribution in [0.1, 0.15) is 18.1 Å². The molecule has 5 nitrogen and oxygen atoms in total. The number of benzene rings is 2. The highest BCUT2D eigenvalue weighted by Gasteiger charge is 2.27. The Kier molecular flexibility index (Phi) is 4.80. The molecule has 2 aromatic carbocycles. The highest BCUT2D eigenvalue weighted by molar-refractivity contribution is 7.89. The summed E-state index contributed by atoms with van der Waals surface area (Å²) in [7, 11) is -4.14. The van der Waals surface area contributed by atoms with Crippen molar-refractivity contribution in [3.63, 3.8) is 0 Å². The Morgan fingerprint density at radius 1 is 1.22 bits per heavy atom. The van der Waals surface area contributed by atoms with Crippen molar-refractivity contribution >= 4 is 10.0 Å². The fraction of sp³-hybridized carbons (Fsp3) is 0.188. The van der Waals surface area contributed by atoms with Crippen LogP contribution >= 0.6 is 0 Å². The summed E-state index contributed by atoms with van der Waals surface area (Å²) in [6.07, 6.45) is 0. The van der Waals surface area contributed by atoms with E-state index >= 15 is 0 Å². The lowest BCUT2D eigenvalue weighted by Gasteiger charge is -2.24. The van der Waals surface area contributed by atoms with Gasteiger partial charge in [0.1, 0.15) is 27.9 Å². The Morgan fingerprint density at radius 3 is 2.48 bits per heavy atom. The highest BCUT2D eigenvalue weighted by atomic mass is 32.2. The first kappa shape index (κ1) is 17.1. The number of nitrogens with zero attached hydrogens (tertiary/aromatic N) is 1. The third kappa shape index (κ3) is 3.74. The zero-order valence-corrected chi connectivity index (χ0v) is 13.1. The lowest BCUT2D eigenvalue weighted by molar-refractivity contribution is 0.0627. The molecule has 0 aliphatic carbocycles. The number of sulfonamides is 1. The minimum absolute atomic E-state index is 0.319. The van der Waals surface area contributed by atoms with Gasteiger partial charge in [-0.05, 0) is 24.6 Å². The van der Waals surface area contributed by atoms with Crippen molar-refractivity contribution in [2.45, 2.75) is 17.4 Å². The van der Waals surface area contributed by atoms with E-state index in [0.29, 0.717) is 5.56 Å². The van der Waals surface area contributed by atoms with Crippen LogP contribution in [0.5, 0.6) is 0 Å². The molecule has 0 aliphatic heterocycles. The molecule has 23 heavy (non-hydrogen) atoms. The van der Waals surface area contributed by atoms with E-state index in [0.717, 1.165) is 12.1 Å². The normalized spacial score (nSPS) is 14.0. The third-order valence-electron chi connectivity index (χ3n) is 3.38. The van der Waals surface area contributed by atoms with Gasteiger partial charge in [-0.3, -0.25) is 0 Å². The average molecular weight is 334 g/mol. The van der Waals surface area contributed by atoms with E-state index in [2.05, 4.69) is 4.72 Å².